The maximum Gasteiger partial charge on any atom is 0.161 e. The van der Waals surface area contributed by atoms with Crippen LogP contribution in [-0.2, 0) is 4.79 Å². The van der Waals surface area contributed by atoms with Gasteiger partial charge in [0.25, 0.3) is 0 Å². The van der Waals surface area contributed by atoms with Crippen molar-refractivity contribution in [2.24, 2.45) is 39.9 Å². The van der Waals surface area contributed by atoms with Crippen molar-refractivity contribution < 1.29 is 4.79 Å². The molecule has 0 N–H and O–H groups in total. The zero-order valence-corrected chi connectivity index (χ0v) is 14.8. The number of hydrogen-bond donors (Lipinski definition) is 0. The van der Waals surface area contributed by atoms with Crippen LogP contribution in [0.5, 0.6) is 0 Å². The van der Waals surface area contributed by atoms with Crippen molar-refractivity contribution in [2.75, 3.05) is 0 Å². The van der Waals surface area contributed by atoms with E-state index in [0.717, 1.165) is 17.8 Å². The molecule has 1 nitrogen and oxygen atoms in total. The highest BCUT2D eigenvalue weighted by atomic mass is 16.1. The molecule has 0 spiro atoms. The molecular formula is C21H32O. The normalized spacial score (nSPS) is 52.8. The molecule has 1 heteroatoms. The maximum absolute atomic E-state index is 12.4. The zero-order valence-electron chi connectivity index (χ0n) is 14.8. The second-order valence-corrected chi connectivity index (χ2v) is 9.88. The van der Waals surface area contributed by atoms with Crippen LogP contribution >= 0.6 is 0 Å². The molecule has 0 radical (unpaired) electrons. The van der Waals surface area contributed by atoms with Gasteiger partial charge in [-0.15, -0.1) is 0 Å². The van der Waals surface area contributed by atoms with E-state index in [4.69, 9.17) is 0 Å². The third-order valence-corrected chi connectivity index (χ3v) is 8.66. The molecule has 0 amide bonds. The zero-order chi connectivity index (χ0) is 15.8. The second kappa shape index (κ2) is 4.48. The molecule has 0 heterocycles. The minimum Gasteiger partial charge on any atom is -0.294 e. The quantitative estimate of drug-likeness (QED) is 0.585. The highest BCUT2D eigenvalue weighted by molar-refractivity contribution is 5.95. The molecular weight excluding hydrogens is 268 g/mol. The molecule has 4 rings (SSSR count). The largest absolute Gasteiger partial charge is 0.294 e. The van der Waals surface area contributed by atoms with Crippen LogP contribution in [0.4, 0.5) is 0 Å². The van der Waals surface area contributed by atoms with Gasteiger partial charge < -0.3 is 0 Å². The van der Waals surface area contributed by atoms with Crippen molar-refractivity contribution in [3.63, 3.8) is 0 Å². The summed E-state index contributed by atoms with van der Waals surface area (Å²) in [6.45, 7) is 9.45. The molecule has 0 saturated heterocycles. The van der Waals surface area contributed by atoms with Crippen LogP contribution in [0.2, 0.25) is 0 Å². The molecule has 0 aromatic carbocycles. The molecule has 0 aliphatic heterocycles. The number of fused-ring (bicyclic) bond motifs is 5. The van der Waals surface area contributed by atoms with E-state index < -0.39 is 0 Å². The fourth-order valence-electron chi connectivity index (χ4n) is 7.40. The number of rotatable bonds is 0. The van der Waals surface area contributed by atoms with Gasteiger partial charge >= 0.3 is 0 Å². The highest BCUT2D eigenvalue weighted by Crippen LogP contribution is 2.66. The van der Waals surface area contributed by atoms with Crippen molar-refractivity contribution in [3.8, 4) is 0 Å². The Hall–Kier alpha value is -0.590. The first-order valence-corrected chi connectivity index (χ1v) is 9.53. The Bertz CT molecular complexity index is 530. The summed E-state index contributed by atoms with van der Waals surface area (Å²) in [4.78, 5) is 12.4. The predicted molar refractivity (Wildman–Crippen MR) is 90.4 cm³/mol. The number of carbonyl (C=O) groups excluding carboxylic acids is 1. The first-order chi connectivity index (χ1) is 10.3. The summed E-state index contributed by atoms with van der Waals surface area (Å²) in [6, 6.07) is 0. The molecule has 122 valence electrons. The monoisotopic (exact) mass is 300 g/mol. The average Bonchev–Trinajstić information content (AvgIpc) is 2.85. The van der Waals surface area contributed by atoms with Crippen molar-refractivity contribution in [1.82, 2.24) is 0 Å². The fourth-order valence-corrected chi connectivity index (χ4v) is 7.40. The Morgan fingerprint density at radius 3 is 2.50 bits per heavy atom. The molecule has 4 aliphatic carbocycles. The Kier molecular flexibility index (Phi) is 3.05. The molecule has 3 saturated carbocycles. The van der Waals surface area contributed by atoms with Gasteiger partial charge in [0.1, 0.15) is 0 Å². The molecule has 0 aromatic rings. The lowest BCUT2D eigenvalue weighted by Gasteiger charge is -2.61. The summed E-state index contributed by atoms with van der Waals surface area (Å²) in [5, 5.41) is 0. The van der Waals surface area contributed by atoms with Crippen molar-refractivity contribution in [3.05, 3.63) is 12.2 Å². The van der Waals surface area contributed by atoms with E-state index in [0.29, 0.717) is 17.1 Å². The second-order valence-electron chi connectivity index (χ2n) is 9.88. The average molecular weight is 300 g/mol. The highest BCUT2D eigenvalue weighted by Gasteiger charge is 2.60. The van der Waals surface area contributed by atoms with Gasteiger partial charge in [-0.2, -0.15) is 0 Å². The van der Waals surface area contributed by atoms with Crippen LogP contribution in [0.1, 0.15) is 72.6 Å². The van der Waals surface area contributed by atoms with E-state index in [9.17, 15) is 4.79 Å². The van der Waals surface area contributed by atoms with Gasteiger partial charge in [0.2, 0.25) is 0 Å². The maximum atomic E-state index is 12.4. The van der Waals surface area contributed by atoms with Gasteiger partial charge in [0, 0.05) is 5.41 Å². The lowest BCUT2D eigenvalue weighted by molar-refractivity contribution is -0.140. The van der Waals surface area contributed by atoms with Gasteiger partial charge in [-0.25, -0.2) is 0 Å². The van der Waals surface area contributed by atoms with E-state index in [1.165, 1.54) is 44.9 Å². The smallest absolute Gasteiger partial charge is 0.161 e. The van der Waals surface area contributed by atoms with E-state index >= 15 is 0 Å². The molecule has 22 heavy (non-hydrogen) atoms. The van der Waals surface area contributed by atoms with Crippen LogP contribution in [0.3, 0.4) is 0 Å². The Morgan fingerprint density at radius 2 is 1.73 bits per heavy atom. The summed E-state index contributed by atoms with van der Waals surface area (Å²) in [5.41, 5.74) is 0.725. The first kappa shape index (κ1) is 15.0. The van der Waals surface area contributed by atoms with Crippen LogP contribution < -0.4 is 0 Å². The van der Waals surface area contributed by atoms with E-state index in [-0.39, 0.29) is 10.8 Å². The van der Waals surface area contributed by atoms with E-state index in [1.807, 2.05) is 6.08 Å². The summed E-state index contributed by atoms with van der Waals surface area (Å²) >= 11 is 0. The number of carbonyl (C=O) groups is 1. The summed E-state index contributed by atoms with van der Waals surface area (Å²) < 4.78 is 0. The molecule has 0 unspecified atom stereocenters. The minimum absolute atomic E-state index is 0.162. The fraction of sp³-hybridized carbons (Fsp3) is 0.857. The van der Waals surface area contributed by atoms with Crippen LogP contribution in [0, 0.1) is 39.9 Å². The third-order valence-electron chi connectivity index (χ3n) is 8.66. The Morgan fingerprint density at radius 1 is 0.955 bits per heavy atom. The SMILES string of the molecule is CC1(C)C(=O)C=C[C@]2(C)[C@H]3CC[C@]4(C)CCC[C@H]4[C@@H]3CC[C@@H]12. The van der Waals surface area contributed by atoms with Gasteiger partial charge in [0.05, 0.1) is 0 Å². The van der Waals surface area contributed by atoms with Crippen LogP contribution in [0.25, 0.3) is 0 Å². The first-order valence-electron chi connectivity index (χ1n) is 9.53. The van der Waals surface area contributed by atoms with Crippen molar-refractivity contribution in [2.45, 2.75) is 72.6 Å². The van der Waals surface area contributed by atoms with E-state index in [1.54, 1.807) is 0 Å². The van der Waals surface area contributed by atoms with Gasteiger partial charge in [-0.3, -0.25) is 4.79 Å². The number of hydrogen-bond acceptors (Lipinski definition) is 1. The Balaban J connectivity index is 1.73. The van der Waals surface area contributed by atoms with Gasteiger partial charge in [0.15, 0.2) is 5.78 Å². The molecule has 4 aliphatic rings. The summed E-state index contributed by atoms with van der Waals surface area (Å²) in [6.07, 6.45) is 14.1. The van der Waals surface area contributed by atoms with Crippen LogP contribution in [-0.4, -0.2) is 5.78 Å². The summed E-state index contributed by atoms with van der Waals surface area (Å²) in [5.74, 6) is 3.58. The minimum atomic E-state index is -0.162. The third kappa shape index (κ3) is 1.74. The molecule has 3 fully saturated rings. The van der Waals surface area contributed by atoms with Crippen molar-refractivity contribution in [1.29, 1.82) is 0 Å². The molecule has 0 aromatic heterocycles. The van der Waals surface area contributed by atoms with Gasteiger partial charge in [-0.05, 0) is 79.1 Å². The molecule has 0 bridgehead atoms. The summed E-state index contributed by atoms with van der Waals surface area (Å²) in [7, 11) is 0. The Labute approximate surface area is 135 Å². The van der Waals surface area contributed by atoms with E-state index in [2.05, 4.69) is 33.8 Å². The molecule has 6 atom stereocenters. The van der Waals surface area contributed by atoms with Crippen LogP contribution in [0.15, 0.2) is 12.2 Å². The lowest BCUT2D eigenvalue weighted by Crippen LogP contribution is -2.56. The standard InChI is InChI=1S/C21H32O/c1-19(2)17-8-7-14-15-6-5-11-20(15,3)12-9-16(14)21(17,4)13-10-18(19)22/h10,13-17H,5-9,11-12H2,1-4H3/t14-,15-,16-,17-,20-,21+/m0/s1. The topological polar surface area (TPSA) is 17.1 Å². The predicted octanol–water partition coefficient (Wildman–Crippen LogP) is 5.40. The van der Waals surface area contributed by atoms with Gasteiger partial charge in [-0.1, -0.05) is 40.2 Å². The number of ketones is 1. The lowest BCUT2D eigenvalue weighted by atomic mass is 9.43. The van der Waals surface area contributed by atoms with Crippen molar-refractivity contribution >= 4 is 5.78 Å². The number of allylic oxidation sites excluding steroid dienone is 2.